The van der Waals surface area contributed by atoms with E-state index in [9.17, 15) is 0 Å². The van der Waals surface area contributed by atoms with Crippen LogP contribution in [0.25, 0.3) is 17.0 Å². The van der Waals surface area contributed by atoms with Crippen LogP contribution in [0, 0.1) is 0 Å². The first-order valence-corrected chi connectivity index (χ1v) is 7.83. The van der Waals surface area contributed by atoms with E-state index in [0.29, 0.717) is 23.9 Å². The van der Waals surface area contributed by atoms with E-state index in [2.05, 4.69) is 25.5 Å². The van der Waals surface area contributed by atoms with Crippen molar-refractivity contribution >= 4 is 11.5 Å². The average Bonchev–Trinajstić information content (AvgIpc) is 3.12. The summed E-state index contributed by atoms with van der Waals surface area (Å²) >= 11 is 0. The molecule has 1 N–H and O–H groups in total. The van der Waals surface area contributed by atoms with Crippen molar-refractivity contribution in [3.63, 3.8) is 0 Å². The highest BCUT2D eigenvalue weighted by Crippen LogP contribution is 2.21. The number of ether oxygens (including phenoxy) is 1. The van der Waals surface area contributed by atoms with Crippen LogP contribution in [0.3, 0.4) is 0 Å². The molecule has 3 heterocycles. The largest absolute Gasteiger partial charge is 0.481 e. The molecule has 4 rings (SSSR count). The molecule has 124 valence electrons. The van der Waals surface area contributed by atoms with Crippen LogP contribution in [0.2, 0.25) is 0 Å². The third-order valence-electron chi connectivity index (χ3n) is 3.83. The van der Waals surface area contributed by atoms with Crippen molar-refractivity contribution in [1.82, 2.24) is 24.6 Å². The monoisotopic (exact) mass is 332 g/mol. The summed E-state index contributed by atoms with van der Waals surface area (Å²) in [5.74, 6) is 2.05. The van der Waals surface area contributed by atoms with Crippen LogP contribution in [-0.4, -0.2) is 31.7 Å². The summed E-state index contributed by atoms with van der Waals surface area (Å²) in [6, 6.07) is 13.7. The molecule has 0 unspecified atom stereocenters. The summed E-state index contributed by atoms with van der Waals surface area (Å²) in [4.78, 5) is 8.58. The third-order valence-corrected chi connectivity index (χ3v) is 3.83. The first kappa shape index (κ1) is 15.1. The minimum atomic E-state index is 0.581. The number of nitrogens with zero attached hydrogens (tertiary/aromatic N) is 5. The van der Waals surface area contributed by atoms with Gasteiger partial charge in [0.15, 0.2) is 11.6 Å². The quantitative estimate of drug-likeness (QED) is 0.605. The Hall–Kier alpha value is -3.48. The Morgan fingerprint density at radius 2 is 1.92 bits per heavy atom. The molecule has 4 aromatic rings. The fourth-order valence-electron chi connectivity index (χ4n) is 2.56. The molecule has 0 radical (unpaired) electrons. The fraction of sp³-hybridized carbons (Fsp3) is 0.111. The van der Waals surface area contributed by atoms with Crippen LogP contribution in [0.1, 0.15) is 5.56 Å². The molecule has 25 heavy (non-hydrogen) atoms. The van der Waals surface area contributed by atoms with Gasteiger partial charge in [0.2, 0.25) is 11.5 Å². The summed E-state index contributed by atoms with van der Waals surface area (Å²) < 4.78 is 7.00. The molecule has 0 saturated carbocycles. The number of aromatic nitrogens is 5. The lowest BCUT2D eigenvalue weighted by molar-refractivity contribution is 0.397. The van der Waals surface area contributed by atoms with Gasteiger partial charge >= 0.3 is 0 Å². The smallest absolute Gasteiger partial charge is 0.212 e. The average molecular weight is 332 g/mol. The second-order valence-electron chi connectivity index (χ2n) is 5.42. The molecule has 0 amide bonds. The van der Waals surface area contributed by atoms with Crippen molar-refractivity contribution in [3.05, 3.63) is 66.6 Å². The van der Waals surface area contributed by atoms with Crippen LogP contribution < -0.4 is 10.1 Å². The molecule has 0 aliphatic heterocycles. The van der Waals surface area contributed by atoms with E-state index in [1.165, 1.54) is 0 Å². The Labute approximate surface area is 144 Å². The van der Waals surface area contributed by atoms with Crippen molar-refractivity contribution in [2.75, 3.05) is 12.4 Å². The van der Waals surface area contributed by atoms with Gasteiger partial charge in [-0.2, -0.15) is 0 Å². The fourth-order valence-corrected chi connectivity index (χ4v) is 2.56. The Balaban J connectivity index is 1.61. The highest BCUT2D eigenvalue weighted by Gasteiger charge is 2.11. The zero-order chi connectivity index (χ0) is 17.1. The number of pyridine rings is 1. The first-order chi connectivity index (χ1) is 12.3. The van der Waals surface area contributed by atoms with Crippen LogP contribution in [0.4, 0.5) is 5.82 Å². The number of methoxy groups -OCH3 is 1. The predicted octanol–water partition coefficient (Wildman–Crippen LogP) is 2.81. The number of hydrogen-bond acceptors (Lipinski definition) is 6. The second kappa shape index (κ2) is 6.56. The Morgan fingerprint density at radius 1 is 1.04 bits per heavy atom. The standard InChI is InChI=1S/C18H16N6O/c1-25-15-8-7-13(11-20-15)12-21-16-18-23-22-17(24(18)10-9-19-16)14-5-3-2-4-6-14/h2-11H,12H2,1H3,(H,19,21). The van der Waals surface area contributed by atoms with E-state index in [0.717, 1.165) is 17.0 Å². The maximum Gasteiger partial charge on any atom is 0.212 e. The number of anilines is 1. The molecule has 0 fully saturated rings. The van der Waals surface area contributed by atoms with Crippen molar-refractivity contribution in [1.29, 1.82) is 0 Å². The molecule has 0 bridgehead atoms. The van der Waals surface area contributed by atoms with Crippen molar-refractivity contribution in [3.8, 4) is 17.3 Å². The lowest BCUT2D eigenvalue weighted by Crippen LogP contribution is -2.04. The highest BCUT2D eigenvalue weighted by molar-refractivity contribution is 5.67. The lowest BCUT2D eigenvalue weighted by Gasteiger charge is -2.07. The van der Waals surface area contributed by atoms with Gasteiger partial charge in [-0.15, -0.1) is 10.2 Å². The van der Waals surface area contributed by atoms with E-state index < -0.39 is 0 Å². The third kappa shape index (κ3) is 2.99. The maximum atomic E-state index is 5.07. The number of fused-ring (bicyclic) bond motifs is 1. The van der Waals surface area contributed by atoms with Gasteiger partial charge in [-0.1, -0.05) is 36.4 Å². The van der Waals surface area contributed by atoms with Crippen LogP contribution in [0.5, 0.6) is 5.88 Å². The second-order valence-corrected chi connectivity index (χ2v) is 5.42. The maximum absolute atomic E-state index is 5.07. The molecule has 7 nitrogen and oxygen atoms in total. The first-order valence-electron chi connectivity index (χ1n) is 7.83. The zero-order valence-corrected chi connectivity index (χ0v) is 13.6. The lowest BCUT2D eigenvalue weighted by atomic mass is 10.2. The normalized spacial score (nSPS) is 10.8. The predicted molar refractivity (Wildman–Crippen MR) is 94.3 cm³/mol. The molecule has 0 spiro atoms. The number of benzene rings is 1. The van der Waals surface area contributed by atoms with Gasteiger partial charge < -0.3 is 10.1 Å². The van der Waals surface area contributed by atoms with Gasteiger partial charge in [0.05, 0.1) is 7.11 Å². The molecular formula is C18H16N6O. The van der Waals surface area contributed by atoms with Crippen LogP contribution in [-0.2, 0) is 6.54 Å². The van der Waals surface area contributed by atoms with Gasteiger partial charge in [-0.05, 0) is 5.56 Å². The topological polar surface area (TPSA) is 77.2 Å². The summed E-state index contributed by atoms with van der Waals surface area (Å²) in [6.45, 7) is 0.581. The summed E-state index contributed by atoms with van der Waals surface area (Å²) in [5.41, 5.74) is 2.71. The van der Waals surface area contributed by atoms with Crippen molar-refractivity contribution in [2.24, 2.45) is 0 Å². The van der Waals surface area contributed by atoms with Crippen molar-refractivity contribution < 1.29 is 4.74 Å². The molecule has 0 atom stereocenters. The summed E-state index contributed by atoms with van der Waals surface area (Å²) in [5, 5.41) is 11.9. The van der Waals surface area contributed by atoms with E-state index in [1.807, 2.05) is 53.1 Å². The molecule has 0 aliphatic carbocycles. The van der Waals surface area contributed by atoms with Gasteiger partial charge in [-0.3, -0.25) is 4.40 Å². The highest BCUT2D eigenvalue weighted by atomic mass is 16.5. The van der Waals surface area contributed by atoms with Gasteiger partial charge in [0.1, 0.15) is 0 Å². The minimum absolute atomic E-state index is 0.581. The molecular weight excluding hydrogens is 316 g/mol. The van der Waals surface area contributed by atoms with E-state index in [1.54, 1.807) is 19.5 Å². The van der Waals surface area contributed by atoms with E-state index in [4.69, 9.17) is 4.74 Å². The molecule has 3 aromatic heterocycles. The summed E-state index contributed by atoms with van der Waals surface area (Å²) in [7, 11) is 1.60. The Morgan fingerprint density at radius 3 is 2.68 bits per heavy atom. The number of rotatable bonds is 5. The van der Waals surface area contributed by atoms with Crippen LogP contribution >= 0.6 is 0 Å². The van der Waals surface area contributed by atoms with Crippen molar-refractivity contribution in [2.45, 2.75) is 6.54 Å². The van der Waals surface area contributed by atoms with Gasteiger partial charge in [0.25, 0.3) is 0 Å². The summed E-state index contributed by atoms with van der Waals surface area (Å²) in [6.07, 6.45) is 5.36. The molecule has 1 aromatic carbocycles. The molecule has 0 saturated heterocycles. The Kier molecular flexibility index (Phi) is 3.96. The SMILES string of the molecule is COc1ccc(CNc2nccn3c(-c4ccccc4)nnc23)cn1. The Bertz CT molecular complexity index is 982. The van der Waals surface area contributed by atoms with Gasteiger partial charge in [0, 0.05) is 36.8 Å². The molecule has 7 heteroatoms. The zero-order valence-electron chi connectivity index (χ0n) is 13.6. The number of nitrogens with one attached hydrogen (secondary N) is 1. The molecule has 0 aliphatic rings. The van der Waals surface area contributed by atoms with E-state index in [-0.39, 0.29) is 0 Å². The number of hydrogen-bond donors (Lipinski definition) is 1. The van der Waals surface area contributed by atoms with Gasteiger partial charge in [-0.25, -0.2) is 9.97 Å². The van der Waals surface area contributed by atoms with Crippen LogP contribution in [0.15, 0.2) is 61.1 Å². The minimum Gasteiger partial charge on any atom is -0.481 e. The van der Waals surface area contributed by atoms with E-state index >= 15 is 0 Å².